The van der Waals surface area contributed by atoms with Crippen LogP contribution in [0.2, 0.25) is 0 Å². The molecule has 0 amide bonds. The average Bonchev–Trinajstić information content (AvgIpc) is 3.24. The monoisotopic (exact) mass is 278 g/mol. The van der Waals surface area contributed by atoms with Crippen LogP contribution in [-0.4, -0.2) is 39.7 Å². The first-order chi connectivity index (χ1) is 9.29. The molecule has 1 aromatic carbocycles. The third kappa shape index (κ3) is 4.13. The minimum absolute atomic E-state index is 0.576. The molecule has 3 nitrogen and oxygen atoms in total. The Hall–Kier alpha value is -0.710. The lowest BCUT2D eigenvalue weighted by Crippen LogP contribution is -2.37. The lowest BCUT2D eigenvalue weighted by atomic mass is 10.1. The molecular weight excluding hydrogens is 256 g/mol. The summed E-state index contributed by atoms with van der Waals surface area (Å²) in [5.41, 5.74) is 2.76. The van der Waals surface area contributed by atoms with Crippen molar-refractivity contribution in [1.82, 2.24) is 10.2 Å². The van der Waals surface area contributed by atoms with Crippen molar-refractivity contribution in [2.45, 2.75) is 32.0 Å². The quantitative estimate of drug-likeness (QED) is 0.886. The van der Waals surface area contributed by atoms with Crippen LogP contribution in [0.4, 0.5) is 0 Å². The van der Waals surface area contributed by atoms with Crippen LogP contribution in [0.25, 0.3) is 0 Å². The second-order valence-corrected chi connectivity index (χ2v) is 7.30. The van der Waals surface area contributed by atoms with E-state index >= 15 is 0 Å². The van der Waals surface area contributed by atoms with Gasteiger partial charge in [-0.1, -0.05) is 24.3 Å². The van der Waals surface area contributed by atoms with Gasteiger partial charge in [-0.25, -0.2) is 0 Å². The van der Waals surface area contributed by atoms with E-state index in [1.54, 1.807) is 0 Å². The SMILES string of the molecule is O=S1CCN(Cc2cccc(CNC3CC3)c2)CC1. The van der Waals surface area contributed by atoms with Crippen molar-refractivity contribution < 1.29 is 4.21 Å². The molecule has 1 aromatic rings. The summed E-state index contributed by atoms with van der Waals surface area (Å²) >= 11 is 0. The van der Waals surface area contributed by atoms with Crippen LogP contribution in [0.5, 0.6) is 0 Å². The van der Waals surface area contributed by atoms with Gasteiger partial charge in [0.25, 0.3) is 0 Å². The zero-order valence-corrected chi connectivity index (χ0v) is 12.1. The molecule has 0 radical (unpaired) electrons. The van der Waals surface area contributed by atoms with Crippen molar-refractivity contribution in [3.8, 4) is 0 Å². The minimum atomic E-state index is -0.576. The molecule has 0 spiro atoms. The zero-order chi connectivity index (χ0) is 13.1. The summed E-state index contributed by atoms with van der Waals surface area (Å²) in [4.78, 5) is 2.41. The molecule has 1 N–H and O–H groups in total. The van der Waals surface area contributed by atoms with E-state index in [-0.39, 0.29) is 0 Å². The molecule has 1 saturated heterocycles. The van der Waals surface area contributed by atoms with Gasteiger partial charge in [0.15, 0.2) is 0 Å². The Morgan fingerprint density at radius 3 is 2.68 bits per heavy atom. The summed E-state index contributed by atoms with van der Waals surface area (Å²) < 4.78 is 11.3. The average molecular weight is 278 g/mol. The Bertz CT molecular complexity index is 449. The first-order valence-corrected chi connectivity index (χ1v) is 8.67. The van der Waals surface area contributed by atoms with Gasteiger partial charge in [0.05, 0.1) is 0 Å². The van der Waals surface area contributed by atoms with Gasteiger partial charge in [0.2, 0.25) is 0 Å². The van der Waals surface area contributed by atoms with Crippen molar-refractivity contribution in [2.75, 3.05) is 24.6 Å². The first kappa shape index (κ1) is 13.3. The highest BCUT2D eigenvalue weighted by Gasteiger charge is 2.20. The number of nitrogens with one attached hydrogen (secondary N) is 1. The molecule has 0 unspecified atom stereocenters. The highest BCUT2D eigenvalue weighted by atomic mass is 32.2. The van der Waals surface area contributed by atoms with Crippen molar-refractivity contribution in [3.05, 3.63) is 35.4 Å². The third-order valence-corrected chi connectivity index (χ3v) is 5.12. The van der Waals surface area contributed by atoms with Gasteiger partial charge in [0.1, 0.15) is 0 Å². The van der Waals surface area contributed by atoms with Crippen LogP contribution in [0.3, 0.4) is 0 Å². The van der Waals surface area contributed by atoms with Crippen LogP contribution in [0.15, 0.2) is 24.3 Å². The summed E-state index contributed by atoms with van der Waals surface area (Å²) in [6.07, 6.45) is 2.68. The fourth-order valence-corrected chi connectivity index (χ4v) is 3.61. The second kappa shape index (κ2) is 6.16. The Morgan fingerprint density at radius 2 is 1.95 bits per heavy atom. The molecule has 1 saturated carbocycles. The van der Waals surface area contributed by atoms with E-state index in [1.165, 1.54) is 24.0 Å². The van der Waals surface area contributed by atoms with Gasteiger partial charge in [-0.05, 0) is 24.0 Å². The molecule has 2 aliphatic rings. The van der Waals surface area contributed by atoms with Gasteiger partial charge >= 0.3 is 0 Å². The fraction of sp³-hybridized carbons (Fsp3) is 0.600. The van der Waals surface area contributed by atoms with Gasteiger partial charge < -0.3 is 5.32 Å². The lowest BCUT2D eigenvalue weighted by molar-refractivity contribution is 0.291. The number of nitrogens with zero attached hydrogens (tertiary/aromatic N) is 1. The number of rotatable bonds is 5. The molecule has 19 heavy (non-hydrogen) atoms. The van der Waals surface area contributed by atoms with Crippen LogP contribution < -0.4 is 5.32 Å². The Labute approximate surface area is 117 Å². The Morgan fingerprint density at radius 1 is 1.21 bits per heavy atom. The Kier molecular flexibility index (Phi) is 4.31. The van der Waals surface area contributed by atoms with Crippen LogP contribution >= 0.6 is 0 Å². The van der Waals surface area contributed by atoms with Crippen molar-refractivity contribution in [1.29, 1.82) is 0 Å². The van der Waals surface area contributed by atoms with Gasteiger partial charge in [0, 0.05) is 54.5 Å². The Balaban J connectivity index is 1.54. The second-order valence-electron chi connectivity index (χ2n) is 5.60. The maximum absolute atomic E-state index is 11.3. The van der Waals surface area contributed by atoms with Crippen molar-refractivity contribution >= 4 is 10.8 Å². The van der Waals surface area contributed by atoms with Gasteiger partial charge in [-0.3, -0.25) is 9.11 Å². The molecule has 4 heteroatoms. The van der Waals surface area contributed by atoms with E-state index in [9.17, 15) is 4.21 Å². The van der Waals surface area contributed by atoms with Crippen LogP contribution in [-0.2, 0) is 23.9 Å². The largest absolute Gasteiger partial charge is 0.310 e. The van der Waals surface area contributed by atoms with E-state index in [0.717, 1.165) is 43.7 Å². The van der Waals surface area contributed by atoms with E-state index in [4.69, 9.17) is 0 Å². The lowest BCUT2D eigenvalue weighted by Gasteiger charge is -2.26. The molecule has 1 aliphatic heterocycles. The normalized spacial score (nSPS) is 21.7. The molecule has 0 bridgehead atoms. The van der Waals surface area contributed by atoms with Crippen LogP contribution in [0, 0.1) is 0 Å². The maximum Gasteiger partial charge on any atom is 0.0363 e. The predicted octanol–water partition coefficient (Wildman–Crippen LogP) is 1.50. The van der Waals surface area contributed by atoms with E-state index in [0.29, 0.717) is 0 Å². The zero-order valence-electron chi connectivity index (χ0n) is 11.3. The number of hydrogen-bond donors (Lipinski definition) is 1. The molecule has 1 heterocycles. The molecule has 3 rings (SSSR count). The van der Waals surface area contributed by atoms with E-state index < -0.39 is 10.8 Å². The fourth-order valence-electron chi connectivity index (χ4n) is 2.48. The summed E-state index contributed by atoms with van der Waals surface area (Å²) in [7, 11) is -0.576. The predicted molar refractivity (Wildman–Crippen MR) is 79.5 cm³/mol. The van der Waals surface area contributed by atoms with Crippen LogP contribution in [0.1, 0.15) is 24.0 Å². The topological polar surface area (TPSA) is 32.3 Å². The van der Waals surface area contributed by atoms with Gasteiger partial charge in [-0.2, -0.15) is 0 Å². The van der Waals surface area contributed by atoms with Crippen molar-refractivity contribution in [3.63, 3.8) is 0 Å². The number of benzene rings is 1. The summed E-state index contributed by atoms with van der Waals surface area (Å²) in [6.45, 7) is 3.92. The number of hydrogen-bond acceptors (Lipinski definition) is 3. The first-order valence-electron chi connectivity index (χ1n) is 7.18. The van der Waals surface area contributed by atoms with Crippen molar-refractivity contribution in [2.24, 2.45) is 0 Å². The molecular formula is C15H22N2OS. The molecule has 0 aromatic heterocycles. The molecule has 104 valence electrons. The van der Waals surface area contributed by atoms with E-state index in [2.05, 4.69) is 34.5 Å². The highest BCUT2D eigenvalue weighted by Crippen LogP contribution is 2.19. The summed E-state index contributed by atoms with van der Waals surface area (Å²) in [5.74, 6) is 1.67. The maximum atomic E-state index is 11.3. The van der Waals surface area contributed by atoms with E-state index in [1.807, 2.05) is 0 Å². The molecule has 0 atom stereocenters. The third-order valence-electron chi connectivity index (χ3n) is 3.84. The minimum Gasteiger partial charge on any atom is -0.310 e. The smallest absolute Gasteiger partial charge is 0.0363 e. The molecule has 2 fully saturated rings. The van der Waals surface area contributed by atoms with Gasteiger partial charge in [-0.15, -0.1) is 0 Å². The standard InChI is InChI=1S/C15H22N2OS/c18-19-8-6-17(7-9-19)12-14-3-1-2-13(10-14)11-16-15-4-5-15/h1-3,10,15-16H,4-9,11-12H2. The highest BCUT2D eigenvalue weighted by molar-refractivity contribution is 7.85. The summed E-state index contributed by atoms with van der Waals surface area (Å²) in [5, 5.41) is 3.56. The molecule has 1 aliphatic carbocycles. The summed E-state index contributed by atoms with van der Waals surface area (Å²) in [6, 6.07) is 9.62.